The predicted molar refractivity (Wildman–Crippen MR) is 68.1 cm³/mol. The smallest absolute Gasteiger partial charge is 0.307 e. The summed E-state index contributed by atoms with van der Waals surface area (Å²) >= 11 is 1.44. The van der Waals surface area contributed by atoms with Crippen LogP contribution in [0.1, 0.15) is 30.1 Å². The van der Waals surface area contributed by atoms with Gasteiger partial charge in [0.25, 0.3) is 0 Å². The molecule has 0 aliphatic heterocycles. The first-order valence-corrected chi connectivity index (χ1v) is 6.44. The van der Waals surface area contributed by atoms with Gasteiger partial charge in [0.15, 0.2) is 0 Å². The van der Waals surface area contributed by atoms with Crippen molar-refractivity contribution < 1.29 is 14.3 Å². The number of thiazole rings is 1. The minimum Gasteiger partial charge on any atom is -0.469 e. The molecule has 100 valence electrons. The lowest BCUT2D eigenvalue weighted by Gasteiger charge is -2.03. The van der Waals surface area contributed by atoms with Gasteiger partial charge in [0.1, 0.15) is 5.01 Å². The third-order valence-electron chi connectivity index (χ3n) is 2.18. The summed E-state index contributed by atoms with van der Waals surface area (Å²) in [7, 11) is 1.31. The highest BCUT2D eigenvalue weighted by Crippen LogP contribution is 2.15. The second-order valence-electron chi connectivity index (χ2n) is 3.82. The number of hydrogen-bond acceptors (Lipinski definition) is 6. The molecule has 1 atom stereocenters. The molecule has 1 amide bonds. The Morgan fingerprint density at radius 1 is 1.61 bits per heavy atom. The monoisotopic (exact) mass is 271 g/mol. The van der Waals surface area contributed by atoms with E-state index >= 15 is 0 Å². The summed E-state index contributed by atoms with van der Waals surface area (Å²) in [6.07, 6.45) is 0.370. The molecule has 0 aliphatic rings. The number of ether oxygens (including phenoxy) is 1. The van der Waals surface area contributed by atoms with Gasteiger partial charge in [-0.05, 0) is 6.92 Å². The number of rotatable bonds is 6. The largest absolute Gasteiger partial charge is 0.469 e. The molecule has 0 radical (unpaired) electrons. The van der Waals surface area contributed by atoms with E-state index in [-0.39, 0.29) is 37.3 Å². The van der Waals surface area contributed by atoms with Crippen molar-refractivity contribution >= 4 is 23.2 Å². The highest BCUT2D eigenvalue weighted by Gasteiger charge is 2.10. The highest BCUT2D eigenvalue weighted by atomic mass is 32.1. The molecule has 0 aromatic carbocycles. The number of amides is 1. The van der Waals surface area contributed by atoms with Crippen LogP contribution in [0, 0.1) is 0 Å². The Bertz CT molecular complexity index is 417. The van der Waals surface area contributed by atoms with Crippen molar-refractivity contribution in [2.24, 2.45) is 5.73 Å². The van der Waals surface area contributed by atoms with Crippen molar-refractivity contribution in [2.45, 2.75) is 25.8 Å². The van der Waals surface area contributed by atoms with Gasteiger partial charge in [-0.3, -0.25) is 9.59 Å². The lowest BCUT2D eigenvalue weighted by atomic mass is 10.3. The van der Waals surface area contributed by atoms with Crippen LogP contribution in [0.3, 0.4) is 0 Å². The Morgan fingerprint density at radius 3 is 2.89 bits per heavy atom. The van der Waals surface area contributed by atoms with Crippen molar-refractivity contribution in [1.82, 2.24) is 10.3 Å². The van der Waals surface area contributed by atoms with Crippen molar-refractivity contribution in [3.05, 3.63) is 16.1 Å². The second-order valence-corrected chi connectivity index (χ2v) is 4.71. The average Bonchev–Trinajstić information content (AvgIpc) is 2.77. The highest BCUT2D eigenvalue weighted by molar-refractivity contribution is 7.09. The molecule has 7 heteroatoms. The van der Waals surface area contributed by atoms with Crippen LogP contribution in [0.25, 0.3) is 0 Å². The van der Waals surface area contributed by atoms with Gasteiger partial charge in [-0.25, -0.2) is 4.98 Å². The molecule has 18 heavy (non-hydrogen) atoms. The lowest BCUT2D eigenvalue weighted by molar-refractivity contribution is -0.140. The molecule has 1 aromatic heterocycles. The van der Waals surface area contributed by atoms with Crippen molar-refractivity contribution in [1.29, 1.82) is 0 Å². The van der Waals surface area contributed by atoms with Crippen LogP contribution in [0.5, 0.6) is 0 Å². The zero-order chi connectivity index (χ0) is 13.5. The van der Waals surface area contributed by atoms with Gasteiger partial charge < -0.3 is 15.8 Å². The first kappa shape index (κ1) is 14.6. The van der Waals surface area contributed by atoms with Crippen LogP contribution in [-0.4, -0.2) is 30.5 Å². The molecule has 3 N–H and O–H groups in total. The van der Waals surface area contributed by atoms with E-state index in [0.29, 0.717) is 5.69 Å². The number of carbonyl (C=O) groups is 2. The number of hydrogen-bond donors (Lipinski definition) is 2. The molecule has 1 rings (SSSR count). The Labute approximate surface area is 110 Å². The first-order valence-electron chi connectivity index (χ1n) is 5.56. The van der Waals surface area contributed by atoms with Gasteiger partial charge in [-0.2, -0.15) is 0 Å². The van der Waals surface area contributed by atoms with Crippen molar-refractivity contribution in [2.75, 3.05) is 13.7 Å². The lowest BCUT2D eigenvalue weighted by Crippen LogP contribution is -2.27. The van der Waals surface area contributed by atoms with Gasteiger partial charge >= 0.3 is 5.97 Å². The van der Waals surface area contributed by atoms with E-state index in [1.807, 2.05) is 12.3 Å². The quantitative estimate of drug-likeness (QED) is 0.730. The summed E-state index contributed by atoms with van der Waals surface area (Å²) in [5.41, 5.74) is 6.38. The van der Waals surface area contributed by atoms with Crippen LogP contribution in [0.2, 0.25) is 0 Å². The maximum Gasteiger partial charge on any atom is 0.307 e. The van der Waals surface area contributed by atoms with Crippen LogP contribution in [-0.2, 0) is 20.7 Å². The first-order chi connectivity index (χ1) is 8.52. The number of nitrogens with zero attached hydrogens (tertiary/aromatic N) is 1. The normalized spacial score (nSPS) is 11.9. The molecule has 6 nitrogen and oxygen atoms in total. The van der Waals surface area contributed by atoms with Crippen LogP contribution < -0.4 is 11.1 Å². The molecule has 0 fully saturated rings. The Balaban J connectivity index is 2.33. The van der Waals surface area contributed by atoms with Crippen molar-refractivity contribution in [3.63, 3.8) is 0 Å². The van der Waals surface area contributed by atoms with Crippen LogP contribution in [0.4, 0.5) is 0 Å². The zero-order valence-corrected chi connectivity index (χ0v) is 11.3. The SMILES string of the molecule is COC(=O)CCNC(=O)Cc1csc(C(C)N)n1. The predicted octanol–water partition coefficient (Wildman–Crippen LogP) is 0.385. The average molecular weight is 271 g/mol. The van der Waals surface area contributed by atoms with Crippen LogP contribution in [0.15, 0.2) is 5.38 Å². The number of esters is 1. The van der Waals surface area contributed by atoms with Crippen molar-refractivity contribution in [3.8, 4) is 0 Å². The summed E-state index contributed by atoms with van der Waals surface area (Å²) in [6, 6.07) is -0.119. The Morgan fingerprint density at radius 2 is 2.33 bits per heavy atom. The Kier molecular flexibility index (Phi) is 5.73. The molecule has 1 heterocycles. The number of nitrogens with two attached hydrogens (primary N) is 1. The fourth-order valence-electron chi connectivity index (χ4n) is 1.25. The van der Waals surface area contributed by atoms with E-state index in [2.05, 4.69) is 15.0 Å². The zero-order valence-electron chi connectivity index (χ0n) is 10.4. The maximum absolute atomic E-state index is 11.5. The number of methoxy groups -OCH3 is 1. The van der Waals surface area contributed by atoms with Gasteiger partial charge in [-0.15, -0.1) is 11.3 Å². The van der Waals surface area contributed by atoms with Crippen LogP contribution >= 0.6 is 11.3 Å². The third-order valence-corrected chi connectivity index (χ3v) is 3.27. The van der Waals surface area contributed by atoms with Gasteiger partial charge in [0, 0.05) is 11.9 Å². The fraction of sp³-hybridized carbons (Fsp3) is 0.545. The van der Waals surface area contributed by atoms with Gasteiger partial charge in [0.2, 0.25) is 5.91 Å². The van der Waals surface area contributed by atoms with E-state index in [0.717, 1.165) is 5.01 Å². The standard InChI is InChI=1S/C11H17N3O3S/c1-7(12)11-14-8(6-18-11)5-9(15)13-4-3-10(16)17-2/h6-7H,3-5,12H2,1-2H3,(H,13,15). The number of aromatic nitrogens is 1. The van der Waals surface area contributed by atoms with E-state index in [9.17, 15) is 9.59 Å². The molecule has 0 bridgehead atoms. The number of carbonyl (C=O) groups excluding carboxylic acids is 2. The minimum absolute atomic E-state index is 0.119. The summed E-state index contributed by atoms with van der Waals surface area (Å²) in [4.78, 5) is 26.6. The Hall–Kier alpha value is -1.47. The molecule has 0 aliphatic carbocycles. The van der Waals surface area contributed by atoms with E-state index < -0.39 is 0 Å². The summed E-state index contributed by atoms with van der Waals surface area (Å²) < 4.78 is 4.47. The fourth-order valence-corrected chi connectivity index (χ4v) is 2.02. The van der Waals surface area contributed by atoms with E-state index in [1.165, 1.54) is 18.4 Å². The summed E-state index contributed by atoms with van der Waals surface area (Å²) in [5.74, 6) is -0.511. The van der Waals surface area contributed by atoms with E-state index in [4.69, 9.17) is 5.73 Å². The third kappa shape index (κ3) is 4.80. The minimum atomic E-state index is -0.344. The van der Waals surface area contributed by atoms with Gasteiger partial charge in [-0.1, -0.05) is 0 Å². The summed E-state index contributed by atoms with van der Waals surface area (Å²) in [5, 5.41) is 5.26. The van der Waals surface area contributed by atoms with E-state index in [1.54, 1.807) is 0 Å². The molecular formula is C11H17N3O3S. The molecule has 0 spiro atoms. The molecule has 0 saturated heterocycles. The maximum atomic E-state index is 11.5. The molecule has 0 saturated carbocycles. The number of nitrogens with one attached hydrogen (secondary N) is 1. The molecule has 1 aromatic rings. The second kappa shape index (κ2) is 7.07. The molecular weight excluding hydrogens is 254 g/mol. The topological polar surface area (TPSA) is 94.3 Å². The summed E-state index contributed by atoms with van der Waals surface area (Å²) in [6.45, 7) is 2.12. The van der Waals surface area contributed by atoms with Gasteiger partial charge in [0.05, 0.1) is 31.7 Å². The molecule has 1 unspecified atom stereocenters.